The van der Waals surface area contributed by atoms with Crippen molar-refractivity contribution in [3.8, 4) is 0 Å². The molecule has 1 rings (SSSR count). The van der Waals surface area contributed by atoms with Crippen LogP contribution in [0.15, 0.2) is 12.4 Å². The minimum atomic E-state index is -4.13. The summed E-state index contributed by atoms with van der Waals surface area (Å²) in [7, 11) is 0. The van der Waals surface area contributed by atoms with Gasteiger partial charge in [0.05, 0.1) is 12.5 Å². The molecule has 0 fully saturated rings. The highest BCUT2D eigenvalue weighted by atomic mass is 19.4. The van der Waals surface area contributed by atoms with E-state index < -0.39 is 12.1 Å². The van der Waals surface area contributed by atoms with Crippen molar-refractivity contribution < 1.29 is 13.2 Å². The number of hydrogen-bond donors (Lipinski definition) is 2. The fraction of sp³-hybridized carbons (Fsp3) is 0.625. The van der Waals surface area contributed by atoms with Crippen LogP contribution in [0.3, 0.4) is 0 Å². The summed E-state index contributed by atoms with van der Waals surface area (Å²) in [6, 6.07) is 0. The first-order chi connectivity index (χ1) is 6.50. The van der Waals surface area contributed by atoms with Crippen LogP contribution < -0.4 is 5.32 Å². The van der Waals surface area contributed by atoms with Gasteiger partial charge in [0.15, 0.2) is 0 Å². The molecule has 80 valence electrons. The number of aromatic amines is 1. The number of halogens is 3. The first-order valence-electron chi connectivity index (χ1n) is 4.26. The van der Waals surface area contributed by atoms with E-state index in [1.807, 2.05) is 0 Å². The number of nitrogens with zero attached hydrogens (tertiary/aromatic N) is 1. The molecule has 0 spiro atoms. The van der Waals surface area contributed by atoms with Crippen LogP contribution in [0.25, 0.3) is 0 Å². The van der Waals surface area contributed by atoms with Crippen molar-refractivity contribution in [3.05, 3.63) is 18.2 Å². The molecule has 0 bridgehead atoms. The van der Waals surface area contributed by atoms with Crippen LogP contribution in [-0.4, -0.2) is 22.7 Å². The second kappa shape index (κ2) is 4.45. The van der Waals surface area contributed by atoms with Crippen molar-refractivity contribution in [3.63, 3.8) is 0 Å². The third-order valence-corrected chi connectivity index (χ3v) is 1.86. The van der Waals surface area contributed by atoms with Crippen LogP contribution in [0.4, 0.5) is 13.2 Å². The molecule has 1 aromatic heterocycles. The summed E-state index contributed by atoms with van der Waals surface area (Å²) in [5.41, 5.74) is 0. The zero-order valence-corrected chi connectivity index (χ0v) is 7.73. The molecule has 0 aliphatic carbocycles. The van der Waals surface area contributed by atoms with Gasteiger partial charge in [-0.05, 0) is 0 Å². The number of rotatable bonds is 4. The van der Waals surface area contributed by atoms with Crippen molar-refractivity contribution >= 4 is 0 Å². The van der Waals surface area contributed by atoms with E-state index in [1.165, 1.54) is 0 Å². The Morgan fingerprint density at radius 3 is 2.79 bits per heavy atom. The highest BCUT2D eigenvalue weighted by molar-refractivity contribution is 4.86. The summed E-state index contributed by atoms with van der Waals surface area (Å²) < 4.78 is 36.2. The SMILES string of the molecule is CC(CNCc1ncc[nH]1)C(F)(F)F. The van der Waals surface area contributed by atoms with Crippen LogP contribution >= 0.6 is 0 Å². The topological polar surface area (TPSA) is 40.7 Å². The van der Waals surface area contributed by atoms with Crippen LogP contribution in [0.1, 0.15) is 12.7 Å². The molecule has 0 radical (unpaired) electrons. The standard InChI is InChI=1S/C8H12F3N3/c1-6(8(9,10)11)4-12-5-7-13-2-3-14-7/h2-3,6,12H,4-5H2,1H3,(H,13,14). The van der Waals surface area contributed by atoms with E-state index in [0.717, 1.165) is 6.92 Å². The molecule has 0 saturated carbocycles. The van der Waals surface area contributed by atoms with Gasteiger partial charge in [0.25, 0.3) is 0 Å². The lowest BCUT2D eigenvalue weighted by Gasteiger charge is -2.15. The zero-order valence-electron chi connectivity index (χ0n) is 7.73. The maximum absolute atomic E-state index is 12.1. The Bertz CT molecular complexity index is 255. The van der Waals surface area contributed by atoms with Crippen molar-refractivity contribution in [2.75, 3.05) is 6.54 Å². The van der Waals surface area contributed by atoms with Gasteiger partial charge in [0.2, 0.25) is 0 Å². The van der Waals surface area contributed by atoms with Crippen molar-refractivity contribution in [1.82, 2.24) is 15.3 Å². The Morgan fingerprint density at radius 2 is 2.29 bits per heavy atom. The third kappa shape index (κ3) is 3.37. The number of nitrogens with one attached hydrogen (secondary N) is 2. The van der Waals surface area contributed by atoms with Gasteiger partial charge in [-0.25, -0.2) is 4.98 Å². The van der Waals surface area contributed by atoms with E-state index in [0.29, 0.717) is 12.4 Å². The molecule has 1 atom stereocenters. The number of H-pyrrole nitrogens is 1. The van der Waals surface area contributed by atoms with E-state index in [4.69, 9.17) is 0 Å². The molecule has 6 heteroatoms. The smallest absolute Gasteiger partial charge is 0.348 e. The Balaban J connectivity index is 2.22. The fourth-order valence-corrected chi connectivity index (χ4v) is 0.917. The minimum absolute atomic E-state index is 0.0931. The lowest BCUT2D eigenvalue weighted by molar-refractivity contribution is -0.168. The average molecular weight is 207 g/mol. The molecule has 1 heterocycles. The van der Waals surface area contributed by atoms with Gasteiger partial charge in [0.1, 0.15) is 5.82 Å². The first-order valence-corrected chi connectivity index (χ1v) is 4.26. The largest absolute Gasteiger partial charge is 0.392 e. The van der Waals surface area contributed by atoms with Crippen molar-refractivity contribution in [2.45, 2.75) is 19.6 Å². The van der Waals surface area contributed by atoms with Gasteiger partial charge >= 0.3 is 6.18 Å². The molecule has 0 aromatic carbocycles. The Morgan fingerprint density at radius 1 is 1.57 bits per heavy atom. The second-order valence-corrected chi connectivity index (χ2v) is 3.11. The molecule has 14 heavy (non-hydrogen) atoms. The highest BCUT2D eigenvalue weighted by Crippen LogP contribution is 2.24. The molecule has 3 nitrogen and oxygen atoms in total. The average Bonchev–Trinajstić information content (AvgIpc) is 2.55. The second-order valence-electron chi connectivity index (χ2n) is 3.11. The van der Waals surface area contributed by atoms with E-state index in [9.17, 15) is 13.2 Å². The van der Waals surface area contributed by atoms with Crippen molar-refractivity contribution in [1.29, 1.82) is 0 Å². The summed E-state index contributed by atoms with van der Waals surface area (Å²) in [6.45, 7) is 1.38. The molecular weight excluding hydrogens is 195 g/mol. The van der Waals surface area contributed by atoms with Gasteiger partial charge < -0.3 is 10.3 Å². The van der Waals surface area contributed by atoms with Gasteiger partial charge in [-0.15, -0.1) is 0 Å². The summed E-state index contributed by atoms with van der Waals surface area (Å²) >= 11 is 0. The van der Waals surface area contributed by atoms with Crippen LogP contribution in [0.5, 0.6) is 0 Å². The van der Waals surface area contributed by atoms with E-state index in [1.54, 1.807) is 12.4 Å². The number of alkyl halides is 3. The van der Waals surface area contributed by atoms with Gasteiger partial charge in [-0.2, -0.15) is 13.2 Å². The highest BCUT2D eigenvalue weighted by Gasteiger charge is 2.35. The monoisotopic (exact) mass is 207 g/mol. The molecule has 0 amide bonds. The normalized spacial score (nSPS) is 14.3. The van der Waals surface area contributed by atoms with Gasteiger partial charge in [-0.1, -0.05) is 6.92 Å². The molecule has 0 saturated heterocycles. The third-order valence-electron chi connectivity index (χ3n) is 1.86. The summed E-state index contributed by atoms with van der Waals surface area (Å²) in [6.07, 6.45) is -0.940. The summed E-state index contributed by atoms with van der Waals surface area (Å²) in [5.74, 6) is -0.697. The predicted molar refractivity (Wildman–Crippen MR) is 45.5 cm³/mol. The van der Waals surface area contributed by atoms with Gasteiger partial charge in [0, 0.05) is 18.9 Å². The van der Waals surface area contributed by atoms with E-state index in [-0.39, 0.29) is 6.54 Å². The molecule has 0 aliphatic heterocycles. The Hall–Kier alpha value is -1.04. The molecular formula is C8H12F3N3. The number of aromatic nitrogens is 2. The fourth-order valence-electron chi connectivity index (χ4n) is 0.917. The maximum atomic E-state index is 12.1. The lowest BCUT2D eigenvalue weighted by atomic mass is 10.2. The van der Waals surface area contributed by atoms with Gasteiger partial charge in [-0.3, -0.25) is 0 Å². The summed E-state index contributed by atoms with van der Waals surface area (Å²) in [5, 5.41) is 2.68. The number of hydrogen-bond acceptors (Lipinski definition) is 2. The number of imidazole rings is 1. The Kier molecular flexibility index (Phi) is 3.51. The summed E-state index contributed by atoms with van der Waals surface area (Å²) in [4.78, 5) is 6.67. The van der Waals surface area contributed by atoms with Crippen LogP contribution in [0.2, 0.25) is 0 Å². The zero-order chi connectivity index (χ0) is 10.6. The van der Waals surface area contributed by atoms with Crippen LogP contribution in [-0.2, 0) is 6.54 Å². The predicted octanol–water partition coefficient (Wildman–Crippen LogP) is 1.70. The molecule has 2 N–H and O–H groups in total. The lowest BCUT2D eigenvalue weighted by Crippen LogP contribution is -2.31. The van der Waals surface area contributed by atoms with Crippen molar-refractivity contribution in [2.24, 2.45) is 5.92 Å². The minimum Gasteiger partial charge on any atom is -0.348 e. The van der Waals surface area contributed by atoms with E-state index >= 15 is 0 Å². The molecule has 1 aromatic rings. The maximum Gasteiger partial charge on any atom is 0.392 e. The molecule has 1 unspecified atom stereocenters. The van der Waals surface area contributed by atoms with E-state index in [2.05, 4.69) is 15.3 Å². The Labute approximate surface area is 79.7 Å². The first kappa shape index (κ1) is 11.0. The molecule has 0 aliphatic rings. The quantitative estimate of drug-likeness (QED) is 0.788. The van der Waals surface area contributed by atoms with Crippen LogP contribution in [0, 0.1) is 5.92 Å².